The van der Waals surface area contributed by atoms with E-state index in [-0.39, 0.29) is 4.90 Å². The van der Waals surface area contributed by atoms with Gasteiger partial charge in [-0.05, 0) is 30.7 Å². The first-order valence-electron chi connectivity index (χ1n) is 7.99. The smallest absolute Gasteiger partial charge is 0.346 e. The van der Waals surface area contributed by atoms with Gasteiger partial charge < -0.3 is 14.2 Å². The number of nitrogens with zero attached hydrogens (tertiary/aromatic N) is 1. The van der Waals surface area contributed by atoms with Crippen molar-refractivity contribution in [3.05, 3.63) is 35.9 Å². The summed E-state index contributed by atoms with van der Waals surface area (Å²) >= 11 is 0. The maximum Gasteiger partial charge on any atom is 0.346 e. The van der Waals surface area contributed by atoms with Crippen molar-refractivity contribution in [3.8, 4) is 0 Å². The number of sulfonamides is 1. The van der Waals surface area contributed by atoms with Gasteiger partial charge in [0, 0.05) is 19.2 Å². The Morgan fingerprint density at radius 1 is 1.19 bits per heavy atom. The predicted octanol–water partition coefficient (Wildman–Crippen LogP) is 0.825. The molecule has 1 aliphatic rings. The van der Waals surface area contributed by atoms with Crippen molar-refractivity contribution in [2.45, 2.75) is 17.9 Å². The van der Waals surface area contributed by atoms with Crippen LogP contribution in [0.4, 0.5) is 0 Å². The first kappa shape index (κ1) is 20.1. The Balaban J connectivity index is 2.00. The maximum atomic E-state index is 12.5. The summed E-state index contributed by atoms with van der Waals surface area (Å²) in [6.07, 6.45) is 1.63. The normalized spacial score (nSPS) is 17.0. The quantitative estimate of drug-likeness (QED) is 0.530. The van der Waals surface area contributed by atoms with Crippen molar-refractivity contribution in [1.29, 1.82) is 0 Å². The van der Waals surface area contributed by atoms with Crippen molar-refractivity contribution in [1.82, 2.24) is 4.31 Å². The molecule has 1 atom stereocenters. The topological polar surface area (TPSA) is 99.2 Å². The first-order chi connectivity index (χ1) is 12.3. The van der Waals surface area contributed by atoms with Crippen LogP contribution in [0.25, 0.3) is 6.08 Å². The molecule has 142 valence electrons. The molecular weight excluding hydrogens is 362 g/mol. The van der Waals surface area contributed by atoms with Crippen LogP contribution in [-0.2, 0) is 33.8 Å². The van der Waals surface area contributed by atoms with E-state index in [9.17, 15) is 18.0 Å². The van der Waals surface area contributed by atoms with Gasteiger partial charge in [0.2, 0.25) is 10.0 Å². The highest BCUT2D eigenvalue weighted by atomic mass is 32.2. The Hall–Kier alpha value is -2.23. The second kappa shape index (κ2) is 8.93. The molecule has 8 nitrogen and oxygen atoms in total. The third-order valence-electron chi connectivity index (χ3n) is 3.73. The van der Waals surface area contributed by atoms with Crippen LogP contribution in [0.1, 0.15) is 12.5 Å². The van der Waals surface area contributed by atoms with E-state index in [1.807, 2.05) is 0 Å². The van der Waals surface area contributed by atoms with Crippen LogP contribution in [-0.4, -0.2) is 64.2 Å². The van der Waals surface area contributed by atoms with Crippen LogP contribution in [0.2, 0.25) is 0 Å². The number of morpholine rings is 1. The zero-order valence-electron chi connectivity index (χ0n) is 14.6. The van der Waals surface area contributed by atoms with Crippen molar-refractivity contribution in [2.75, 3.05) is 33.4 Å². The molecule has 0 spiro atoms. The van der Waals surface area contributed by atoms with Crippen molar-refractivity contribution in [3.63, 3.8) is 0 Å². The highest BCUT2D eigenvalue weighted by molar-refractivity contribution is 7.89. The lowest BCUT2D eigenvalue weighted by Gasteiger charge is -2.26. The van der Waals surface area contributed by atoms with Gasteiger partial charge in [-0.3, -0.25) is 0 Å². The van der Waals surface area contributed by atoms with Crippen LogP contribution in [0, 0.1) is 0 Å². The molecule has 1 fully saturated rings. The highest BCUT2D eigenvalue weighted by Crippen LogP contribution is 2.18. The van der Waals surface area contributed by atoms with Crippen molar-refractivity contribution in [2.24, 2.45) is 0 Å². The molecule has 1 unspecified atom stereocenters. The third kappa shape index (κ3) is 5.13. The molecule has 1 heterocycles. The van der Waals surface area contributed by atoms with Gasteiger partial charge in [-0.25, -0.2) is 18.0 Å². The molecule has 1 aromatic carbocycles. The Bertz CT molecular complexity index is 765. The van der Waals surface area contributed by atoms with Gasteiger partial charge in [0.15, 0.2) is 6.10 Å². The number of esters is 2. The van der Waals surface area contributed by atoms with E-state index in [4.69, 9.17) is 9.47 Å². The molecule has 0 bridgehead atoms. The van der Waals surface area contributed by atoms with E-state index < -0.39 is 28.1 Å². The number of carbonyl (C=O) groups is 2. The number of methoxy groups -OCH3 is 1. The standard InChI is InChI=1S/C17H21NO7S/c1-13(17(20)23-2)25-16(19)8-5-14-3-6-15(7-4-14)26(21,22)18-9-11-24-12-10-18/h3-8,13H,9-12H2,1-2H3/b8-5+. The SMILES string of the molecule is COC(=O)C(C)OC(=O)/C=C/c1ccc(S(=O)(=O)N2CCOCC2)cc1. The van der Waals surface area contributed by atoms with E-state index in [1.165, 1.54) is 36.5 Å². The van der Waals surface area contributed by atoms with Crippen LogP contribution in [0.3, 0.4) is 0 Å². The van der Waals surface area contributed by atoms with Crippen LogP contribution in [0.15, 0.2) is 35.2 Å². The van der Waals surface area contributed by atoms with Crippen molar-refractivity contribution >= 4 is 28.0 Å². The minimum Gasteiger partial charge on any atom is -0.466 e. The average molecular weight is 383 g/mol. The highest BCUT2D eigenvalue weighted by Gasteiger charge is 2.26. The molecule has 26 heavy (non-hydrogen) atoms. The summed E-state index contributed by atoms with van der Waals surface area (Å²) < 4.78 is 40.9. The second-order valence-electron chi connectivity index (χ2n) is 5.52. The lowest BCUT2D eigenvalue weighted by Crippen LogP contribution is -2.40. The Morgan fingerprint density at radius 2 is 1.81 bits per heavy atom. The lowest BCUT2D eigenvalue weighted by molar-refractivity contribution is -0.161. The minimum absolute atomic E-state index is 0.179. The Labute approximate surface area is 152 Å². The predicted molar refractivity (Wildman–Crippen MR) is 92.6 cm³/mol. The van der Waals surface area contributed by atoms with Gasteiger partial charge in [0.25, 0.3) is 0 Å². The minimum atomic E-state index is -3.55. The van der Waals surface area contributed by atoms with Gasteiger partial charge in [-0.15, -0.1) is 0 Å². The van der Waals surface area contributed by atoms with E-state index in [2.05, 4.69) is 4.74 Å². The Kier molecular flexibility index (Phi) is 6.90. The molecule has 9 heteroatoms. The van der Waals surface area contributed by atoms with Gasteiger partial charge in [-0.1, -0.05) is 12.1 Å². The molecular formula is C17H21NO7S. The van der Waals surface area contributed by atoms with Gasteiger partial charge >= 0.3 is 11.9 Å². The van der Waals surface area contributed by atoms with Gasteiger partial charge in [0.05, 0.1) is 25.2 Å². The monoisotopic (exact) mass is 383 g/mol. The fourth-order valence-electron chi connectivity index (χ4n) is 2.28. The molecule has 2 rings (SSSR count). The zero-order chi connectivity index (χ0) is 19.2. The molecule has 0 aliphatic carbocycles. The average Bonchev–Trinajstić information content (AvgIpc) is 2.66. The lowest BCUT2D eigenvalue weighted by atomic mass is 10.2. The number of benzene rings is 1. The summed E-state index contributed by atoms with van der Waals surface area (Å²) in [6.45, 7) is 2.82. The van der Waals surface area contributed by atoms with Crippen LogP contribution < -0.4 is 0 Å². The summed E-state index contributed by atoms with van der Waals surface area (Å²) in [5.74, 6) is -1.35. The van der Waals surface area contributed by atoms with Crippen LogP contribution >= 0.6 is 0 Å². The summed E-state index contributed by atoms with van der Waals surface area (Å²) in [4.78, 5) is 23.0. The molecule has 0 N–H and O–H groups in total. The molecule has 0 saturated carbocycles. The first-order valence-corrected chi connectivity index (χ1v) is 9.43. The maximum absolute atomic E-state index is 12.5. The molecule has 1 saturated heterocycles. The van der Waals surface area contributed by atoms with Gasteiger partial charge in [0.1, 0.15) is 0 Å². The molecule has 1 aliphatic heterocycles. The molecule has 0 aromatic heterocycles. The largest absolute Gasteiger partial charge is 0.466 e. The van der Waals surface area contributed by atoms with E-state index in [1.54, 1.807) is 12.1 Å². The van der Waals surface area contributed by atoms with E-state index in [0.29, 0.717) is 31.9 Å². The zero-order valence-corrected chi connectivity index (χ0v) is 15.4. The summed E-state index contributed by atoms with van der Waals surface area (Å²) in [5.41, 5.74) is 0.619. The number of carbonyl (C=O) groups excluding carboxylic acids is 2. The molecule has 0 amide bonds. The van der Waals surface area contributed by atoms with Gasteiger partial charge in [-0.2, -0.15) is 4.31 Å². The fourth-order valence-corrected chi connectivity index (χ4v) is 3.69. The van der Waals surface area contributed by atoms with Crippen molar-refractivity contribution < 1.29 is 32.2 Å². The number of hydrogen-bond donors (Lipinski definition) is 0. The summed E-state index contributed by atoms with van der Waals surface area (Å²) in [6, 6.07) is 6.13. The molecule has 1 aromatic rings. The summed E-state index contributed by atoms with van der Waals surface area (Å²) in [7, 11) is -2.35. The number of ether oxygens (including phenoxy) is 3. The fraction of sp³-hybridized carbons (Fsp3) is 0.412. The van der Waals surface area contributed by atoms with E-state index >= 15 is 0 Å². The van der Waals surface area contributed by atoms with Crippen LogP contribution in [0.5, 0.6) is 0 Å². The molecule has 0 radical (unpaired) electrons. The van der Waals surface area contributed by atoms with E-state index in [0.717, 1.165) is 6.08 Å². The number of rotatable bonds is 6. The number of hydrogen-bond acceptors (Lipinski definition) is 7. The third-order valence-corrected chi connectivity index (χ3v) is 5.64. The Morgan fingerprint density at radius 3 is 2.38 bits per heavy atom. The summed E-state index contributed by atoms with van der Waals surface area (Å²) in [5, 5.41) is 0. The second-order valence-corrected chi connectivity index (χ2v) is 7.46.